The highest BCUT2D eigenvalue weighted by Crippen LogP contribution is 2.05. The Kier molecular flexibility index (Phi) is 8.40. The average Bonchev–Trinajstić information content (AvgIpc) is 2.52. The molecule has 0 radical (unpaired) electrons. The molecule has 1 rings (SSSR count). The highest BCUT2D eigenvalue weighted by Gasteiger charge is 2.18. The van der Waals surface area contributed by atoms with Crippen molar-refractivity contribution in [3.8, 4) is 0 Å². The zero-order valence-electron chi connectivity index (χ0n) is 12.9. The molecule has 0 bridgehead atoms. The Bertz CT molecular complexity index is 431. The van der Waals surface area contributed by atoms with Crippen molar-refractivity contribution in [1.29, 1.82) is 0 Å². The average molecular weight is 289 g/mol. The molecule has 1 amide bonds. The third kappa shape index (κ3) is 6.56. The molecule has 0 aliphatic heterocycles. The molecule has 0 unspecified atom stereocenters. The van der Waals surface area contributed by atoms with Crippen LogP contribution < -0.4 is 11.5 Å². The van der Waals surface area contributed by atoms with E-state index in [2.05, 4.69) is 0 Å². The maximum absolute atomic E-state index is 12.2. The molecular weight excluding hydrogens is 262 g/mol. The Morgan fingerprint density at radius 3 is 2.62 bits per heavy atom. The smallest absolute Gasteiger partial charge is 0.239 e. The molecule has 21 heavy (non-hydrogen) atoms. The lowest BCUT2D eigenvalue weighted by Gasteiger charge is -2.23. The Balaban J connectivity index is 2.46. The van der Waals surface area contributed by atoms with Crippen LogP contribution in [0.1, 0.15) is 31.7 Å². The van der Waals surface area contributed by atoms with E-state index >= 15 is 0 Å². The number of nitrogens with zero attached hydrogens (tertiary/aromatic N) is 1. The molecule has 0 spiro atoms. The Morgan fingerprint density at radius 2 is 2.00 bits per heavy atom. The predicted molar refractivity (Wildman–Crippen MR) is 88.6 cm³/mol. The van der Waals surface area contributed by atoms with Gasteiger partial charge in [0.2, 0.25) is 5.91 Å². The fraction of sp³-hybridized carbons (Fsp3) is 0.471. The van der Waals surface area contributed by atoms with Crippen LogP contribution in [0.15, 0.2) is 36.4 Å². The molecule has 0 aliphatic carbocycles. The van der Waals surface area contributed by atoms with Gasteiger partial charge in [0.15, 0.2) is 0 Å². The zero-order valence-corrected chi connectivity index (χ0v) is 12.9. The molecule has 116 valence electrons. The van der Waals surface area contributed by atoms with E-state index in [1.165, 1.54) is 0 Å². The van der Waals surface area contributed by atoms with Gasteiger partial charge in [-0.1, -0.05) is 48.9 Å². The lowest BCUT2D eigenvalue weighted by Crippen LogP contribution is -2.43. The molecular formula is C17H27N3O. The molecule has 0 aliphatic rings. The summed E-state index contributed by atoms with van der Waals surface area (Å²) in [5, 5.41) is 0. The molecule has 1 aromatic carbocycles. The first kappa shape index (κ1) is 17.4. The van der Waals surface area contributed by atoms with Crippen LogP contribution in [-0.4, -0.2) is 36.5 Å². The van der Waals surface area contributed by atoms with Crippen LogP contribution in [0.25, 0.3) is 6.08 Å². The van der Waals surface area contributed by atoms with E-state index in [1.54, 1.807) is 4.90 Å². The van der Waals surface area contributed by atoms with Crippen LogP contribution in [-0.2, 0) is 4.79 Å². The largest absolute Gasteiger partial charge is 0.338 e. The molecule has 0 heterocycles. The number of nitrogens with two attached hydrogens (primary N) is 2. The van der Waals surface area contributed by atoms with E-state index in [0.717, 1.165) is 18.4 Å². The van der Waals surface area contributed by atoms with E-state index in [-0.39, 0.29) is 5.91 Å². The predicted octanol–water partition coefficient (Wildman–Crippen LogP) is 2.00. The normalized spacial score (nSPS) is 12.5. The highest BCUT2D eigenvalue weighted by molar-refractivity contribution is 5.81. The van der Waals surface area contributed by atoms with Gasteiger partial charge in [0, 0.05) is 13.1 Å². The molecule has 1 atom stereocenters. The van der Waals surface area contributed by atoms with Crippen molar-refractivity contribution in [2.45, 2.75) is 32.2 Å². The minimum atomic E-state index is -0.415. The van der Waals surface area contributed by atoms with Crippen molar-refractivity contribution in [3.63, 3.8) is 0 Å². The van der Waals surface area contributed by atoms with Crippen LogP contribution in [0.4, 0.5) is 0 Å². The summed E-state index contributed by atoms with van der Waals surface area (Å²) in [6.07, 6.45) is 6.55. The third-order valence-electron chi connectivity index (χ3n) is 3.42. The second-order valence-corrected chi connectivity index (χ2v) is 5.08. The van der Waals surface area contributed by atoms with Crippen molar-refractivity contribution in [2.75, 3.05) is 19.6 Å². The van der Waals surface area contributed by atoms with Gasteiger partial charge in [-0.25, -0.2) is 0 Å². The first-order valence-corrected chi connectivity index (χ1v) is 7.65. The quantitative estimate of drug-likeness (QED) is 0.683. The van der Waals surface area contributed by atoms with E-state index in [0.29, 0.717) is 26.1 Å². The first-order valence-electron chi connectivity index (χ1n) is 7.65. The van der Waals surface area contributed by atoms with Gasteiger partial charge in [-0.15, -0.1) is 0 Å². The summed E-state index contributed by atoms with van der Waals surface area (Å²) in [6, 6.07) is 9.63. The fourth-order valence-electron chi connectivity index (χ4n) is 2.12. The second kappa shape index (κ2) is 10.1. The molecule has 4 nitrogen and oxygen atoms in total. The standard InChI is InChI=1S/C17H27N3O/c1-2-20(17(21)16(19)12-6-7-13-18)14-8-11-15-9-4-3-5-10-15/h3-5,8-11,16H,2,6-7,12-14,18-19H2,1H3/b11-8+/t16-/m0/s1. The Labute approximate surface area is 127 Å². The minimum absolute atomic E-state index is 0.0206. The summed E-state index contributed by atoms with van der Waals surface area (Å²) in [7, 11) is 0. The lowest BCUT2D eigenvalue weighted by atomic mass is 10.1. The summed E-state index contributed by atoms with van der Waals surface area (Å²) in [5.41, 5.74) is 12.5. The van der Waals surface area contributed by atoms with Gasteiger partial charge in [0.1, 0.15) is 0 Å². The SMILES string of the molecule is CCN(C/C=C/c1ccccc1)C(=O)[C@@H](N)CCCCN. The molecule has 0 saturated carbocycles. The van der Waals surface area contributed by atoms with Crippen molar-refractivity contribution in [1.82, 2.24) is 4.90 Å². The summed E-state index contributed by atoms with van der Waals surface area (Å²) >= 11 is 0. The number of likely N-dealkylation sites (N-methyl/N-ethyl adjacent to an activating group) is 1. The molecule has 0 fully saturated rings. The third-order valence-corrected chi connectivity index (χ3v) is 3.42. The Morgan fingerprint density at radius 1 is 1.29 bits per heavy atom. The van der Waals surface area contributed by atoms with Crippen LogP contribution in [0.5, 0.6) is 0 Å². The minimum Gasteiger partial charge on any atom is -0.338 e. The number of benzene rings is 1. The fourth-order valence-corrected chi connectivity index (χ4v) is 2.12. The molecule has 0 saturated heterocycles. The zero-order chi connectivity index (χ0) is 15.5. The first-order chi connectivity index (χ1) is 10.2. The van der Waals surface area contributed by atoms with Gasteiger partial charge in [0.05, 0.1) is 6.04 Å². The number of carbonyl (C=O) groups excluding carboxylic acids is 1. The molecule has 1 aromatic rings. The van der Waals surface area contributed by atoms with Gasteiger partial charge < -0.3 is 16.4 Å². The van der Waals surface area contributed by atoms with Crippen LogP contribution in [0, 0.1) is 0 Å². The van der Waals surface area contributed by atoms with Crippen LogP contribution in [0.3, 0.4) is 0 Å². The summed E-state index contributed by atoms with van der Waals surface area (Å²) in [4.78, 5) is 14.0. The van der Waals surface area contributed by atoms with Gasteiger partial charge >= 0.3 is 0 Å². The van der Waals surface area contributed by atoms with Crippen molar-refractivity contribution in [3.05, 3.63) is 42.0 Å². The van der Waals surface area contributed by atoms with E-state index < -0.39 is 6.04 Å². The summed E-state index contributed by atoms with van der Waals surface area (Å²) < 4.78 is 0. The molecule has 0 aromatic heterocycles. The Hall–Kier alpha value is -1.65. The van der Waals surface area contributed by atoms with Gasteiger partial charge in [-0.3, -0.25) is 4.79 Å². The lowest BCUT2D eigenvalue weighted by molar-refractivity contribution is -0.132. The van der Waals surface area contributed by atoms with Crippen LogP contribution in [0.2, 0.25) is 0 Å². The molecule has 4 N–H and O–H groups in total. The summed E-state index contributed by atoms with van der Waals surface area (Å²) in [6.45, 7) is 3.89. The maximum atomic E-state index is 12.2. The van der Waals surface area contributed by atoms with Crippen molar-refractivity contribution >= 4 is 12.0 Å². The highest BCUT2D eigenvalue weighted by atomic mass is 16.2. The maximum Gasteiger partial charge on any atom is 0.239 e. The van der Waals surface area contributed by atoms with Gasteiger partial charge in [-0.2, -0.15) is 0 Å². The van der Waals surface area contributed by atoms with Crippen molar-refractivity contribution in [2.24, 2.45) is 11.5 Å². The van der Waals surface area contributed by atoms with Gasteiger partial charge in [0.25, 0.3) is 0 Å². The number of rotatable bonds is 9. The molecule has 4 heteroatoms. The van der Waals surface area contributed by atoms with Crippen LogP contribution >= 0.6 is 0 Å². The van der Waals surface area contributed by atoms with E-state index in [4.69, 9.17) is 11.5 Å². The number of unbranched alkanes of at least 4 members (excludes halogenated alkanes) is 1. The number of amides is 1. The van der Waals surface area contributed by atoms with E-state index in [9.17, 15) is 4.79 Å². The van der Waals surface area contributed by atoms with E-state index in [1.807, 2.05) is 49.4 Å². The second-order valence-electron chi connectivity index (χ2n) is 5.08. The topological polar surface area (TPSA) is 72.3 Å². The van der Waals surface area contributed by atoms with Gasteiger partial charge in [-0.05, 0) is 31.9 Å². The monoisotopic (exact) mass is 289 g/mol. The van der Waals surface area contributed by atoms with Crippen molar-refractivity contribution < 1.29 is 4.79 Å². The summed E-state index contributed by atoms with van der Waals surface area (Å²) in [5.74, 6) is 0.0206. The number of carbonyl (C=O) groups is 1. The number of hydrogen-bond donors (Lipinski definition) is 2. The number of hydrogen-bond acceptors (Lipinski definition) is 3.